The number of anilines is 2. The monoisotopic (exact) mass is 244 g/mol. The number of nitrogen functional groups attached to an aromatic ring is 1. The number of nitrogens with two attached hydrogens (primary N) is 1. The maximum atomic E-state index is 11.5. The van der Waals surface area contributed by atoms with Crippen molar-refractivity contribution in [2.24, 2.45) is 0 Å². The van der Waals surface area contributed by atoms with Crippen molar-refractivity contribution in [1.82, 2.24) is 9.27 Å². The number of amides is 1. The van der Waals surface area contributed by atoms with Gasteiger partial charge in [-0.3, -0.25) is 4.79 Å². The molecule has 6 nitrogen and oxygen atoms in total. The van der Waals surface area contributed by atoms with E-state index >= 15 is 0 Å². The van der Waals surface area contributed by atoms with Crippen LogP contribution in [0.5, 0.6) is 5.75 Å². The van der Waals surface area contributed by atoms with Crippen LogP contribution in [0, 0.1) is 0 Å². The number of carbonyl (C=O) groups is 1. The van der Waals surface area contributed by atoms with Crippen LogP contribution >= 0.6 is 11.5 Å². The summed E-state index contributed by atoms with van der Waals surface area (Å²) in [6.45, 7) is 0.269. The Balaban J connectivity index is 2.80. The minimum Gasteiger partial charge on any atom is -0.490 e. The van der Waals surface area contributed by atoms with Gasteiger partial charge in [-0.25, -0.2) is 0 Å². The molecule has 0 radical (unpaired) electrons. The van der Waals surface area contributed by atoms with Gasteiger partial charge >= 0.3 is 0 Å². The minimum atomic E-state index is 0.0107. The largest absolute Gasteiger partial charge is 0.490 e. The van der Waals surface area contributed by atoms with Gasteiger partial charge in [-0.1, -0.05) is 0 Å². The number of hydrogen-bond acceptors (Lipinski definition) is 6. The Morgan fingerprint density at radius 2 is 2.12 bits per heavy atom. The molecule has 1 heterocycles. The first kappa shape index (κ1) is 12.6. The summed E-state index contributed by atoms with van der Waals surface area (Å²) in [4.78, 5) is 14.8. The van der Waals surface area contributed by atoms with E-state index in [-0.39, 0.29) is 12.5 Å². The Kier molecular flexibility index (Phi) is 3.94. The third-order valence-electron chi connectivity index (χ3n) is 2.08. The lowest BCUT2D eigenvalue weighted by molar-refractivity contribution is -0.127. The number of ether oxygens (including phenoxy) is 1. The molecule has 90 valence electrons. The van der Waals surface area contributed by atoms with E-state index in [1.165, 1.54) is 23.5 Å². The van der Waals surface area contributed by atoms with Gasteiger partial charge in [0.15, 0.2) is 16.6 Å². The summed E-state index contributed by atoms with van der Waals surface area (Å²) in [7, 11) is 6.77. The van der Waals surface area contributed by atoms with Gasteiger partial charge in [0, 0.05) is 21.1 Å². The molecule has 1 rings (SSSR count). The molecule has 1 amide bonds. The van der Waals surface area contributed by atoms with Crippen LogP contribution in [0.2, 0.25) is 0 Å². The molecule has 0 aliphatic rings. The zero-order chi connectivity index (χ0) is 12.3. The summed E-state index contributed by atoms with van der Waals surface area (Å²) in [6, 6.07) is 0. The first-order chi connectivity index (χ1) is 7.47. The predicted octanol–water partition coefficient (Wildman–Crippen LogP) is 0.258. The number of carbonyl (C=O) groups excluding carboxylic acids is 1. The van der Waals surface area contributed by atoms with Gasteiger partial charge in [0.1, 0.15) is 0 Å². The van der Waals surface area contributed by atoms with E-state index in [2.05, 4.69) is 4.37 Å². The van der Waals surface area contributed by atoms with Crippen LogP contribution in [-0.2, 0) is 4.79 Å². The summed E-state index contributed by atoms with van der Waals surface area (Å²) >= 11 is 1.22. The first-order valence-electron chi connectivity index (χ1n) is 4.67. The van der Waals surface area contributed by atoms with Crippen molar-refractivity contribution in [3.63, 3.8) is 0 Å². The van der Waals surface area contributed by atoms with E-state index < -0.39 is 0 Å². The van der Waals surface area contributed by atoms with E-state index in [4.69, 9.17) is 10.5 Å². The van der Waals surface area contributed by atoms with Crippen LogP contribution in [0.3, 0.4) is 0 Å². The number of methoxy groups -OCH3 is 1. The van der Waals surface area contributed by atoms with Gasteiger partial charge in [0.2, 0.25) is 5.91 Å². The van der Waals surface area contributed by atoms with E-state index in [0.29, 0.717) is 11.6 Å². The molecule has 1 aromatic heterocycles. The lowest BCUT2D eigenvalue weighted by Gasteiger charge is -2.19. The smallest absolute Gasteiger partial charge is 0.241 e. The average Bonchev–Trinajstić information content (AvgIpc) is 2.59. The van der Waals surface area contributed by atoms with Crippen LogP contribution in [0.25, 0.3) is 0 Å². The highest BCUT2D eigenvalue weighted by Crippen LogP contribution is 2.36. The molecular formula is C9H16N4O2S. The normalized spacial score (nSPS) is 10.0. The lowest BCUT2D eigenvalue weighted by atomic mass is 10.4. The predicted molar refractivity (Wildman–Crippen MR) is 65.0 cm³/mol. The van der Waals surface area contributed by atoms with Crippen molar-refractivity contribution >= 4 is 28.3 Å². The second-order valence-electron chi connectivity index (χ2n) is 3.55. The van der Waals surface area contributed by atoms with Crippen LogP contribution in [-0.4, -0.2) is 50.0 Å². The fourth-order valence-corrected chi connectivity index (χ4v) is 1.88. The third-order valence-corrected chi connectivity index (χ3v) is 3.04. The first-order valence-corrected chi connectivity index (χ1v) is 5.45. The van der Waals surface area contributed by atoms with Crippen molar-refractivity contribution in [2.45, 2.75) is 0 Å². The van der Waals surface area contributed by atoms with Crippen molar-refractivity contribution in [3.8, 4) is 5.75 Å². The maximum absolute atomic E-state index is 11.5. The van der Waals surface area contributed by atoms with Crippen molar-refractivity contribution in [2.75, 3.05) is 45.4 Å². The fourth-order valence-electron chi connectivity index (χ4n) is 1.14. The van der Waals surface area contributed by atoms with Crippen LogP contribution in [0.1, 0.15) is 0 Å². The zero-order valence-corrected chi connectivity index (χ0v) is 10.7. The van der Waals surface area contributed by atoms with Gasteiger partial charge in [0.05, 0.1) is 13.7 Å². The topological polar surface area (TPSA) is 71.7 Å². The Hall–Kier alpha value is -1.50. The zero-order valence-electron chi connectivity index (χ0n) is 9.85. The van der Waals surface area contributed by atoms with E-state index in [0.717, 1.165) is 5.00 Å². The standard InChI is InChI=1S/C9H16N4O2S/c1-12(2)6(14)5-13(3)9-7(15-4)8(10)11-16-9/h5H2,1-4H3,(H2,10,11). The number of aromatic nitrogens is 1. The molecule has 2 N–H and O–H groups in total. The van der Waals surface area contributed by atoms with Gasteiger partial charge in [-0.05, 0) is 11.5 Å². The molecule has 0 aromatic carbocycles. The second kappa shape index (κ2) is 5.02. The van der Waals surface area contributed by atoms with Gasteiger partial charge in [-0.15, -0.1) is 0 Å². The average molecular weight is 244 g/mol. The molecule has 0 aliphatic heterocycles. The summed E-state index contributed by atoms with van der Waals surface area (Å²) in [5.74, 6) is 0.891. The summed E-state index contributed by atoms with van der Waals surface area (Å²) < 4.78 is 9.12. The molecule has 1 aromatic rings. The summed E-state index contributed by atoms with van der Waals surface area (Å²) in [6.07, 6.45) is 0. The Labute approximate surface area is 98.8 Å². The molecule has 0 aliphatic carbocycles. The second-order valence-corrected chi connectivity index (χ2v) is 4.30. The van der Waals surface area contributed by atoms with Crippen LogP contribution < -0.4 is 15.4 Å². The number of likely N-dealkylation sites (N-methyl/N-ethyl adjacent to an activating group) is 2. The molecule has 7 heteroatoms. The molecule has 0 atom stereocenters. The fraction of sp³-hybridized carbons (Fsp3) is 0.556. The van der Waals surface area contributed by atoms with Crippen molar-refractivity contribution in [3.05, 3.63) is 0 Å². The number of hydrogen-bond donors (Lipinski definition) is 1. The van der Waals surface area contributed by atoms with E-state index in [1.807, 2.05) is 0 Å². The quantitative estimate of drug-likeness (QED) is 0.822. The molecule has 0 unspecified atom stereocenters. The molecule has 0 spiro atoms. The van der Waals surface area contributed by atoms with Crippen LogP contribution in [0.4, 0.5) is 10.8 Å². The molecular weight excluding hydrogens is 228 g/mol. The minimum absolute atomic E-state index is 0.0107. The van der Waals surface area contributed by atoms with Crippen molar-refractivity contribution in [1.29, 1.82) is 0 Å². The SMILES string of the molecule is COc1c(N)nsc1N(C)CC(=O)N(C)C. The highest BCUT2D eigenvalue weighted by Gasteiger charge is 2.18. The molecule has 16 heavy (non-hydrogen) atoms. The molecule has 0 bridgehead atoms. The highest BCUT2D eigenvalue weighted by molar-refractivity contribution is 7.11. The summed E-state index contributed by atoms with van der Waals surface area (Å²) in [5, 5.41) is 0.759. The Morgan fingerprint density at radius 1 is 1.50 bits per heavy atom. The Bertz CT molecular complexity index is 378. The van der Waals surface area contributed by atoms with Gasteiger partial charge in [-0.2, -0.15) is 4.37 Å². The van der Waals surface area contributed by atoms with Gasteiger partial charge in [0.25, 0.3) is 0 Å². The van der Waals surface area contributed by atoms with E-state index in [1.54, 1.807) is 26.0 Å². The summed E-state index contributed by atoms with van der Waals surface area (Å²) in [5.41, 5.74) is 5.63. The molecule has 0 saturated carbocycles. The van der Waals surface area contributed by atoms with Crippen molar-refractivity contribution < 1.29 is 9.53 Å². The van der Waals surface area contributed by atoms with Crippen LogP contribution in [0.15, 0.2) is 0 Å². The molecule has 0 fully saturated rings. The molecule has 0 saturated heterocycles. The highest BCUT2D eigenvalue weighted by atomic mass is 32.1. The van der Waals surface area contributed by atoms with E-state index in [9.17, 15) is 4.79 Å². The number of rotatable bonds is 4. The van der Waals surface area contributed by atoms with Gasteiger partial charge < -0.3 is 20.3 Å². The number of nitrogens with zero attached hydrogens (tertiary/aromatic N) is 3. The third kappa shape index (κ3) is 2.54. The maximum Gasteiger partial charge on any atom is 0.241 e. The Morgan fingerprint density at radius 3 is 2.62 bits per heavy atom. The lowest BCUT2D eigenvalue weighted by Crippen LogP contribution is -2.34.